The van der Waals surface area contributed by atoms with E-state index in [9.17, 15) is 17.2 Å². The second kappa shape index (κ2) is 5.75. The smallest absolute Gasteiger partial charge is 0.246 e. The zero-order chi connectivity index (χ0) is 14.9. The normalized spacial score (nSPS) is 21.1. The lowest BCUT2D eigenvalue weighted by molar-refractivity contribution is 0.280. The Morgan fingerprint density at radius 1 is 1.40 bits per heavy atom. The lowest BCUT2D eigenvalue weighted by Gasteiger charge is -2.30. The SMILES string of the molecule is CC1CCCN(S(=O)(=O)c2cc(CN)cc(F)c2F)C1. The second-order valence-corrected chi connectivity index (χ2v) is 7.11. The Balaban J connectivity index is 2.46. The summed E-state index contributed by atoms with van der Waals surface area (Å²) in [5.41, 5.74) is 5.64. The molecular weight excluding hydrogens is 286 g/mol. The molecule has 0 aromatic heterocycles. The fraction of sp³-hybridized carbons (Fsp3) is 0.538. The van der Waals surface area contributed by atoms with Gasteiger partial charge in [-0.1, -0.05) is 6.92 Å². The average molecular weight is 304 g/mol. The van der Waals surface area contributed by atoms with E-state index in [4.69, 9.17) is 5.73 Å². The molecule has 7 heteroatoms. The third-order valence-corrected chi connectivity index (χ3v) is 5.39. The first-order valence-corrected chi connectivity index (χ1v) is 7.98. The van der Waals surface area contributed by atoms with Gasteiger partial charge in [0.05, 0.1) is 0 Å². The van der Waals surface area contributed by atoms with Crippen LogP contribution in [-0.2, 0) is 16.6 Å². The molecular formula is C13H18F2N2O2S. The van der Waals surface area contributed by atoms with Crippen LogP contribution in [0.5, 0.6) is 0 Å². The van der Waals surface area contributed by atoms with Crippen LogP contribution in [0.3, 0.4) is 0 Å². The van der Waals surface area contributed by atoms with Gasteiger partial charge in [0.25, 0.3) is 0 Å². The summed E-state index contributed by atoms with van der Waals surface area (Å²) in [7, 11) is -4.02. The second-order valence-electron chi connectivity index (χ2n) is 5.20. The number of sulfonamides is 1. The summed E-state index contributed by atoms with van der Waals surface area (Å²) in [5, 5.41) is 0. The third-order valence-electron chi connectivity index (χ3n) is 3.53. The molecule has 0 radical (unpaired) electrons. The largest absolute Gasteiger partial charge is 0.326 e. The van der Waals surface area contributed by atoms with Crippen LogP contribution < -0.4 is 5.73 Å². The van der Waals surface area contributed by atoms with Gasteiger partial charge in [0.1, 0.15) is 4.90 Å². The first-order chi connectivity index (χ1) is 9.36. The van der Waals surface area contributed by atoms with E-state index in [0.717, 1.165) is 25.0 Å². The minimum absolute atomic E-state index is 0.0455. The van der Waals surface area contributed by atoms with Crippen LogP contribution in [0.25, 0.3) is 0 Å². The van der Waals surface area contributed by atoms with Crippen LogP contribution >= 0.6 is 0 Å². The minimum Gasteiger partial charge on any atom is -0.326 e. The van der Waals surface area contributed by atoms with E-state index in [1.807, 2.05) is 6.92 Å². The summed E-state index contributed by atoms with van der Waals surface area (Å²) in [4.78, 5) is -0.618. The number of benzene rings is 1. The first-order valence-electron chi connectivity index (χ1n) is 6.54. The van der Waals surface area contributed by atoms with Gasteiger partial charge >= 0.3 is 0 Å². The zero-order valence-corrected chi connectivity index (χ0v) is 12.1. The fourth-order valence-electron chi connectivity index (χ4n) is 2.43. The van der Waals surface area contributed by atoms with Gasteiger partial charge in [-0.25, -0.2) is 17.2 Å². The maximum absolute atomic E-state index is 13.8. The van der Waals surface area contributed by atoms with Crippen LogP contribution in [-0.4, -0.2) is 25.8 Å². The Hall–Kier alpha value is -1.05. The Labute approximate surface area is 117 Å². The molecule has 2 rings (SSSR count). The molecule has 1 aromatic rings. The van der Waals surface area contributed by atoms with Crippen LogP contribution in [0.2, 0.25) is 0 Å². The van der Waals surface area contributed by atoms with Crippen molar-refractivity contribution in [3.8, 4) is 0 Å². The highest BCUT2D eigenvalue weighted by molar-refractivity contribution is 7.89. The predicted octanol–water partition coefficient (Wildman–Crippen LogP) is 1.84. The molecule has 0 bridgehead atoms. The zero-order valence-electron chi connectivity index (χ0n) is 11.3. The molecule has 2 N–H and O–H groups in total. The van der Waals surface area contributed by atoms with E-state index < -0.39 is 26.6 Å². The summed E-state index contributed by atoms with van der Waals surface area (Å²) >= 11 is 0. The minimum atomic E-state index is -4.02. The highest BCUT2D eigenvalue weighted by Crippen LogP contribution is 2.27. The molecule has 20 heavy (non-hydrogen) atoms. The van der Waals surface area contributed by atoms with Crippen molar-refractivity contribution in [3.05, 3.63) is 29.3 Å². The molecule has 1 aromatic carbocycles. The summed E-state index contributed by atoms with van der Waals surface area (Å²) < 4.78 is 53.5. The molecule has 1 atom stereocenters. The van der Waals surface area contributed by atoms with Gasteiger partial charge in [0.15, 0.2) is 11.6 Å². The number of nitrogens with two attached hydrogens (primary N) is 1. The maximum Gasteiger partial charge on any atom is 0.246 e. The molecule has 112 valence electrons. The van der Waals surface area contributed by atoms with Crippen molar-refractivity contribution in [2.24, 2.45) is 11.7 Å². The summed E-state index contributed by atoms with van der Waals surface area (Å²) in [6, 6.07) is 2.04. The van der Waals surface area contributed by atoms with Crippen LogP contribution in [0, 0.1) is 17.6 Å². The maximum atomic E-state index is 13.8. The first kappa shape index (κ1) is 15.3. The van der Waals surface area contributed by atoms with Crippen LogP contribution in [0.1, 0.15) is 25.3 Å². The Morgan fingerprint density at radius 3 is 2.70 bits per heavy atom. The molecule has 0 aliphatic carbocycles. The van der Waals surface area contributed by atoms with Crippen molar-refractivity contribution in [1.82, 2.24) is 4.31 Å². The molecule has 1 aliphatic heterocycles. The standard InChI is InChI=1S/C13H18F2N2O2S/c1-9-3-2-4-17(8-9)20(18,19)12-6-10(7-16)5-11(14)13(12)15/h5-6,9H,2-4,7-8,16H2,1H3. The van der Waals surface area contributed by atoms with Gasteiger partial charge in [-0.2, -0.15) is 4.31 Å². The summed E-state index contributed by atoms with van der Waals surface area (Å²) in [6.45, 7) is 2.56. The Morgan fingerprint density at radius 2 is 2.10 bits per heavy atom. The van der Waals surface area contributed by atoms with Crippen LogP contribution in [0.15, 0.2) is 17.0 Å². The van der Waals surface area contributed by atoms with Crippen molar-refractivity contribution in [2.45, 2.75) is 31.2 Å². The van der Waals surface area contributed by atoms with Gasteiger partial charge < -0.3 is 5.73 Å². The number of nitrogens with zero attached hydrogens (tertiary/aromatic N) is 1. The van der Waals surface area contributed by atoms with Gasteiger partial charge in [-0.3, -0.25) is 0 Å². The highest BCUT2D eigenvalue weighted by atomic mass is 32.2. The van der Waals surface area contributed by atoms with Crippen molar-refractivity contribution < 1.29 is 17.2 Å². The van der Waals surface area contributed by atoms with E-state index in [1.54, 1.807) is 0 Å². The highest BCUT2D eigenvalue weighted by Gasteiger charge is 2.32. The summed E-state index contributed by atoms with van der Waals surface area (Å²) in [5.74, 6) is -2.30. The third kappa shape index (κ3) is 2.84. The lowest BCUT2D eigenvalue weighted by Crippen LogP contribution is -2.39. The fourth-order valence-corrected chi connectivity index (χ4v) is 4.15. The lowest BCUT2D eigenvalue weighted by atomic mass is 10.0. The number of rotatable bonds is 3. The topological polar surface area (TPSA) is 63.4 Å². The molecule has 1 saturated heterocycles. The van der Waals surface area contributed by atoms with E-state index in [1.165, 1.54) is 4.31 Å². The van der Waals surface area contributed by atoms with Crippen LogP contribution in [0.4, 0.5) is 8.78 Å². The van der Waals surface area contributed by atoms with Gasteiger partial charge in [-0.05, 0) is 36.5 Å². The molecule has 0 spiro atoms. The van der Waals surface area contributed by atoms with Gasteiger partial charge in [-0.15, -0.1) is 0 Å². The summed E-state index contributed by atoms with van der Waals surface area (Å²) in [6.07, 6.45) is 1.66. The van der Waals surface area contributed by atoms with Crippen molar-refractivity contribution in [1.29, 1.82) is 0 Å². The van der Waals surface area contributed by atoms with Crippen molar-refractivity contribution >= 4 is 10.0 Å². The predicted molar refractivity (Wildman–Crippen MR) is 71.4 cm³/mol. The number of hydrogen-bond acceptors (Lipinski definition) is 3. The van der Waals surface area contributed by atoms with Crippen molar-refractivity contribution in [2.75, 3.05) is 13.1 Å². The van der Waals surface area contributed by atoms with Gasteiger partial charge in [0.2, 0.25) is 10.0 Å². The molecule has 1 unspecified atom stereocenters. The number of hydrogen-bond donors (Lipinski definition) is 1. The molecule has 0 amide bonds. The van der Waals surface area contributed by atoms with Gasteiger partial charge in [0, 0.05) is 19.6 Å². The van der Waals surface area contributed by atoms with E-state index in [2.05, 4.69) is 0 Å². The monoisotopic (exact) mass is 304 g/mol. The quantitative estimate of drug-likeness (QED) is 0.927. The molecule has 1 heterocycles. The van der Waals surface area contributed by atoms with E-state index in [0.29, 0.717) is 13.1 Å². The number of halogens is 2. The van der Waals surface area contributed by atoms with Crippen molar-refractivity contribution in [3.63, 3.8) is 0 Å². The molecule has 1 aliphatic rings. The Kier molecular flexibility index (Phi) is 4.41. The number of piperidine rings is 1. The average Bonchev–Trinajstić information content (AvgIpc) is 2.41. The van der Waals surface area contributed by atoms with E-state index >= 15 is 0 Å². The molecule has 1 fully saturated rings. The van der Waals surface area contributed by atoms with E-state index in [-0.39, 0.29) is 18.0 Å². The Bertz CT molecular complexity index is 605. The molecule has 4 nitrogen and oxygen atoms in total. The molecule has 0 saturated carbocycles.